The van der Waals surface area contributed by atoms with E-state index in [4.69, 9.17) is 14.9 Å². The van der Waals surface area contributed by atoms with E-state index in [1.807, 2.05) is 41.7 Å². The second-order valence-electron chi connectivity index (χ2n) is 7.28. The number of aromatic nitrogens is 2. The van der Waals surface area contributed by atoms with E-state index in [-0.39, 0.29) is 5.56 Å². The minimum absolute atomic E-state index is 0.00460. The van der Waals surface area contributed by atoms with Crippen molar-refractivity contribution in [1.82, 2.24) is 15.3 Å². The Kier molecular flexibility index (Phi) is 7.11. The van der Waals surface area contributed by atoms with Gasteiger partial charge >= 0.3 is 12.1 Å². The first kappa shape index (κ1) is 23.0. The first-order valence-electron chi connectivity index (χ1n) is 9.73. The molecule has 0 amide bonds. The van der Waals surface area contributed by atoms with E-state index in [0.717, 1.165) is 28.0 Å². The molecule has 0 saturated carbocycles. The SMILES string of the molecule is Cc1nc2c(s1)CCCC2CNCc1cc2ccccc2[nH]c1=O.O=C(O)C(F)(F)F. The monoisotopic (exact) mass is 453 g/mol. The molecule has 0 saturated heterocycles. The van der Waals surface area contributed by atoms with Gasteiger partial charge in [-0.05, 0) is 43.7 Å². The van der Waals surface area contributed by atoms with Crippen LogP contribution in [0, 0.1) is 6.92 Å². The van der Waals surface area contributed by atoms with Gasteiger partial charge in [0.05, 0.1) is 10.7 Å². The highest BCUT2D eigenvalue weighted by Gasteiger charge is 2.38. The Morgan fingerprint density at radius 2 is 2.06 bits per heavy atom. The number of pyridine rings is 1. The molecule has 0 fully saturated rings. The summed E-state index contributed by atoms with van der Waals surface area (Å²) in [6, 6.07) is 9.88. The van der Waals surface area contributed by atoms with Gasteiger partial charge in [0, 0.05) is 35.0 Å². The van der Waals surface area contributed by atoms with Crippen molar-refractivity contribution in [3.63, 3.8) is 0 Å². The summed E-state index contributed by atoms with van der Waals surface area (Å²) in [5.41, 5.74) is 2.96. The lowest BCUT2D eigenvalue weighted by molar-refractivity contribution is -0.192. The molecule has 0 aliphatic heterocycles. The molecule has 3 aromatic rings. The molecule has 0 spiro atoms. The van der Waals surface area contributed by atoms with Gasteiger partial charge in [-0.3, -0.25) is 4.79 Å². The van der Waals surface area contributed by atoms with Gasteiger partial charge in [0.25, 0.3) is 5.56 Å². The van der Waals surface area contributed by atoms with E-state index in [1.165, 1.54) is 29.8 Å². The third-order valence-electron chi connectivity index (χ3n) is 4.96. The number of nitrogens with zero attached hydrogens (tertiary/aromatic N) is 1. The largest absolute Gasteiger partial charge is 0.490 e. The maximum absolute atomic E-state index is 12.2. The van der Waals surface area contributed by atoms with Gasteiger partial charge in [-0.1, -0.05) is 18.2 Å². The lowest BCUT2D eigenvalue weighted by Crippen LogP contribution is -2.26. The van der Waals surface area contributed by atoms with Gasteiger partial charge < -0.3 is 15.4 Å². The number of aryl methyl sites for hydroxylation is 2. The van der Waals surface area contributed by atoms with Crippen LogP contribution in [-0.4, -0.2) is 33.8 Å². The number of carboxylic acid groups (broad SMARTS) is 1. The summed E-state index contributed by atoms with van der Waals surface area (Å²) in [4.78, 5) is 30.2. The van der Waals surface area contributed by atoms with E-state index < -0.39 is 12.1 Å². The van der Waals surface area contributed by atoms with Crippen molar-refractivity contribution < 1.29 is 23.1 Å². The van der Waals surface area contributed by atoms with Crippen LogP contribution in [0.3, 0.4) is 0 Å². The normalized spacial score (nSPS) is 15.8. The number of hydrogen-bond donors (Lipinski definition) is 3. The summed E-state index contributed by atoms with van der Waals surface area (Å²) in [5.74, 6) is -2.29. The van der Waals surface area contributed by atoms with Gasteiger partial charge in [0.2, 0.25) is 0 Å². The summed E-state index contributed by atoms with van der Waals surface area (Å²) in [7, 11) is 0. The number of carbonyl (C=O) groups is 1. The lowest BCUT2D eigenvalue weighted by atomic mass is 9.91. The molecule has 2 aromatic heterocycles. The third kappa shape index (κ3) is 5.92. The van der Waals surface area contributed by atoms with Crippen LogP contribution < -0.4 is 10.9 Å². The van der Waals surface area contributed by atoms with Crippen molar-refractivity contribution in [1.29, 1.82) is 0 Å². The second kappa shape index (κ2) is 9.61. The number of alkyl halides is 3. The first-order valence-corrected chi connectivity index (χ1v) is 10.5. The smallest absolute Gasteiger partial charge is 0.475 e. The Labute approximate surface area is 180 Å². The minimum Gasteiger partial charge on any atom is -0.475 e. The maximum Gasteiger partial charge on any atom is 0.490 e. The van der Waals surface area contributed by atoms with Crippen LogP contribution in [0.1, 0.15) is 39.9 Å². The van der Waals surface area contributed by atoms with Gasteiger partial charge in [-0.25, -0.2) is 9.78 Å². The van der Waals surface area contributed by atoms with Crippen LogP contribution in [0.15, 0.2) is 35.1 Å². The molecule has 0 bridgehead atoms. The Hall–Kier alpha value is -2.72. The highest BCUT2D eigenvalue weighted by atomic mass is 32.1. The van der Waals surface area contributed by atoms with Crippen LogP contribution in [0.5, 0.6) is 0 Å². The molecular formula is C21H22F3N3O3S. The average molecular weight is 453 g/mol. The van der Waals surface area contributed by atoms with Crippen molar-refractivity contribution in [3.8, 4) is 0 Å². The van der Waals surface area contributed by atoms with Crippen LogP contribution in [0.4, 0.5) is 13.2 Å². The molecule has 0 radical (unpaired) electrons. The minimum atomic E-state index is -5.08. The lowest BCUT2D eigenvalue weighted by Gasteiger charge is -2.21. The predicted molar refractivity (Wildman–Crippen MR) is 112 cm³/mol. The zero-order valence-corrected chi connectivity index (χ0v) is 17.6. The van der Waals surface area contributed by atoms with Crippen molar-refractivity contribution >= 4 is 28.2 Å². The number of aromatic amines is 1. The molecule has 166 valence electrons. The molecular weight excluding hydrogens is 431 g/mol. The number of halogens is 3. The number of thiazole rings is 1. The van der Waals surface area contributed by atoms with Crippen molar-refractivity contribution in [3.05, 3.63) is 61.8 Å². The molecule has 6 nitrogen and oxygen atoms in total. The molecule has 4 rings (SSSR count). The Morgan fingerprint density at radius 1 is 1.35 bits per heavy atom. The fourth-order valence-electron chi connectivity index (χ4n) is 3.53. The summed E-state index contributed by atoms with van der Waals surface area (Å²) in [6.07, 6.45) is -1.50. The van der Waals surface area contributed by atoms with E-state index in [0.29, 0.717) is 12.5 Å². The maximum atomic E-state index is 12.2. The molecule has 1 aliphatic carbocycles. The number of nitrogens with one attached hydrogen (secondary N) is 2. The first-order chi connectivity index (χ1) is 14.6. The fraction of sp³-hybridized carbons (Fsp3) is 0.381. The fourth-order valence-corrected chi connectivity index (χ4v) is 4.60. The molecule has 1 unspecified atom stereocenters. The number of benzene rings is 1. The molecule has 1 aliphatic rings. The average Bonchev–Trinajstić information content (AvgIpc) is 3.09. The summed E-state index contributed by atoms with van der Waals surface area (Å²) in [6.45, 7) is 3.56. The topological polar surface area (TPSA) is 95.1 Å². The number of para-hydroxylation sites is 1. The number of H-pyrrole nitrogens is 1. The second-order valence-corrected chi connectivity index (χ2v) is 8.56. The summed E-state index contributed by atoms with van der Waals surface area (Å²) in [5, 5.41) is 12.8. The molecule has 10 heteroatoms. The zero-order chi connectivity index (χ0) is 22.6. The van der Waals surface area contributed by atoms with Gasteiger partial charge in [0.1, 0.15) is 0 Å². The van der Waals surface area contributed by atoms with E-state index in [1.54, 1.807) is 0 Å². The van der Waals surface area contributed by atoms with Crippen molar-refractivity contribution in [2.24, 2.45) is 0 Å². The van der Waals surface area contributed by atoms with Gasteiger partial charge in [0.15, 0.2) is 0 Å². The molecule has 1 atom stereocenters. The Balaban J connectivity index is 0.000000339. The molecule has 31 heavy (non-hydrogen) atoms. The standard InChI is InChI=1S/C19H21N3OS.C2HF3O2/c1-12-21-18-14(6-4-8-17(18)24-12)10-20-11-15-9-13-5-2-3-7-16(13)22-19(15)23;3-2(4,5)1(6)7/h2-3,5,7,9,14,20H,4,6,8,10-11H2,1H3,(H,22,23);(H,6,7). The number of carboxylic acids is 1. The van der Waals surface area contributed by atoms with Crippen LogP contribution in [0.2, 0.25) is 0 Å². The summed E-state index contributed by atoms with van der Waals surface area (Å²) < 4.78 is 31.7. The highest BCUT2D eigenvalue weighted by Crippen LogP contribution is 2.34. The molecule has 2 heterocycles. The molecule has 1 aromatic carbocycles. The van der Waals surface area contributed by atoms with Crippen molar-refractivity contribution in [2.75, 3.05) is 6.54 Å². The van der Waals surface area contributed by atoms with Gasteiger partial charge in [-0.2, -0.15) is 13.2 Å². The summed E-state index contributed by atoms with van der Waals surface area (Å²) >= 11 is 1.83. The molecule has 3 N–H and O–H groups in total. The Morgan fingerprint density at radius 3 is 2.77 bits per heavy atom. The Bertz CT molecular complexity index is 1120. The number of aliphatic carboxylic acids is 1. The number of rotatable bonds is 4. The highest BCUT2D eigenvalue weighted by molar-refractivity contribution is 7.11. The number of fused-ring (bicyclic) bond motifs is 2. The van der Waals surface area contributed by atoms with E-state index in [2.05, 4.69) is 17.2 Å². The van der Waals surface area contributed by atoms with E-state index in [9.17, 15) is 18.0 Å². The van der Waals surface area contributed by atoms with Gasteiger partial charge in [-0.15, -0.1) is 11.3 Å². The van der Waals surface area contributed by atoms with Crippen LogP contribution in [-0.2, 0) is 17.8 Å². The zero-order valence-electron chi connectivity index (χ0n) is 16.8. The van der Waals surface area contributed by atoms with Crippen LogP contribution >= 0.6 is 11.3 Å². The van der Waals surface area contributed by atoms with E-state index >= 15 is 0 Å². The third-order valence-corrected chi connectivity index (χ3v) is 6.00. The quantitative estimate of drug-likeness (QED) is 0.552. The van der Waals surface area contributed by atoms with Crippen LogP contribution in [0.25, 0.3) is 10.9 Å². The number of hydrogen-bond acceptors (Lipinski definition) is 5. The van der Waals surface area contributed by atoms with Crippen molar-refractivity contribution in [2.45, 2.75) is 44.8 Å². The predicted octanol–water partition coefficient (Wildman–Crippen LogP) is 4.14.